The molecule has 0 aromatic rings. The van der Waals surface area contributed by atoms with E-state index in [0.717, 1.165) is 19.3 Å². The summed E-state index contributed by atoms with van der Waals surface area (Å²) in [7, 11) is -3.15. The molecule has 2 fully saturated rings. The molecule has 1 atom stereocenters. The Kier molecular flexibility index (Phi) is 6.71. The standard InChI is InChI=1S/C12H23N3O3S.ClH/c13-11-5-8-14(10-11)12(16)4-3-9-19(17,18)15-6-1-2-7-15;/h11H,1-10,13H2;1H/t11-;/m1./s1. The summed E-state index contributed by atoms with van der Waals surface area (Å²) in [5, 5.41) is 0. The van der Waals surface area contributed by atoms with Gasteiger partial charge in [0.25, 0.3) is 0 Å². The number of hydrogen-bond donors (Lipinski definition) is 1. The third-order valence-corrected chi connectivity index (χ3v) is 5.79. The van der Waals surface area contributed by atoms with Crippen molar-refractivity contribution in [3.05, 3.63) is 0 Å². The minimum Gasteiger partial charge on any atom is -0.341 e. The molecule has 0 bridgehead atoms. The zero-order valence-corrected chi connectivity index (χ0v) is 13.3. The van der Waals surface area contributed by atoms with Crippen molar-refractivity contribution in [1.82, 2.24) is 9.21 Å². The Morgan fingerprint density at radius 1 is 1.20 bits per heavy atom. The molecule has 0 unspecified atom stereocenters. The molecule has 8 heteroatoms. The molecule has 2 aliphatic heterocycles. The van der Waals surface area contributed by atoms with Crippen LogP contribution in [-0.2, 0) is 14.8 Å². The zero-order valence-electron chi connectivity index (χ0n) is 11.7. The van der Waals surface area contributed by atoms with Gasteiger partial charge >= 0.3 is 0 Å². The zero-order chi connectivity index (χ0) is 13.9. The average Bonchev–Trinajstić information content (AvgIpc) is 2.99. The Balaban J connectivity index is 0.00000200. The van der Waals surface area contributed by atoms with Crippen LogP contribution in [0.4, 0.5) is 0 Å². The van der Waals surface area contributed by atoms with Crippen molar-refractivity contribution in [3.8, 4) is 0 Å². The smallest absolute Gasteiger partial charge is 0.222 e. The van der Waals surface area contributed by atoms with Crippen molar-refractivity contribution in [2.45, 2.75) is 38.1 Å². The first-order chi connectivity index (χ1) is 8.99. The fourth-order valence-corrected chi connectivity index (χ4v) is 4.26. The fraction of sp³-hybridized carbons (Fsp3) is 0.917. The third kappa shape index (κ3) is 4.58. The molecule has 6 nitrogen and oxygen atoms in total. The SMILES string of the molecule is Cl.N[C@@H]1CCN(C(=O)CCCS(=O)(=O)N2CCCC2)C1. The first-order valence-electron chi connectivity index (χ1n) is 7.00. The van der Waals surface area contributed by atoms with Crippen molar-refractivity contribution in [3.63, 3.8) is 0 Å². The van der Waals surface area contributed by atoms with Crippen LogP contribution in [0.15, 0.2) is 0 Å². The molecule has 0 saturated carbocycles. The van der Waals surface area contributed by atoms with Gasteiger partial charge in [-0.15, -0.1) is 12.4 Å². The maximum Gasteiger partial charge on any atom is 0.222 e. The van der Waals surface area contributed by atoms with E-state index in [1.807, 2.05) is 0 Å². The van der Waals surface area contributed by atoms with E-state index >= 15 is 0 Å². The summed E-state index contributed by atoms with van der Waals surface area (Å²) in [5.74, 6) is 0.114. The maximum absolute atomic E-state index is 12.0. The highest BCUT2D eigenvalue weighted by atomic mass is 35.5. The molecule has 20 heavy (non-hydrogen) atoms. The van der Waals surface area contributed by atoms with Gasteiger partial charge in [0.05, 0.1) is 5.75 Å². The van der Waals surface area contributed by atoms with Crippen LogP contribution in [0.3, 0.4) is 0 Å². The van der Waals surface area contributed by atoms with Gasteiger partial charge in [0.2, 0.25) is 15.9 Å². The molecule has 0 aliphatic carbocycles. The van der Waals surface area contributed by atoms with Crippen molar-refractivity contribution < 1.29 is 13.2 Å². The van der Waals surface area contributed by atoms with Gasteiger partial charge in [-0.2, -0.15) is 0 Å². The molecular weight excluding hydrogens is 302 g/mol. The number of carbonyl (C=O) groups is 1. The van der Waals surface area contributed by atoms with Gasteiger partial charge < -0.3 is 10.6 Å². The molecular formula is C12H24ClN3O3S. The molecule has 2 N–H and O–H groups in total. The molecule has 0 spiro atoms. The average molecular weight is 326 g/mol. The first kappa shape index (κ1) is 17.7. The van der Waals surface area contributed by atoms with E-state index in [4.69, 9.17) is 5.73 Å². The third-order valence-electron chi connectivity index (χ3n) is 3.83. The molecule has 0 radical (unpaired) electrons. The summed E-state index contributed by atoms with van der Waals surface area (Å²) >= 11 is 0. The highest BCUT2D eigenvalue weighted by molar-refractivity contribution is 7.89. The first-order valence-corrected chi connectivity index (χ1v) is 8.61. The minimum atomic E-state index is -3.15. The Bertz CT molecular complexity index is 424. The molecule has 1 amide bonds. The van der Waals surface area contributed by atoms with Gasteiger partial charge in [-0.3, -0.25) is 4.79 Å². The van der Waals surface area contributed by atoms with Gasteiger partial charge in [-0.1, -0.05) is 0 Å². The van der Waals surface area contributed by atoms with Gasteiger partial charge in [-0.25, -0.2) is 12.7 Å². The lowest BCUT2D eigenvalue weighted by molar-refractivity contribution is -0.130. The topological polar surface area (TPSA) is 83.7 Å². The van der Waals surface area contributed by atoms with Crippen molar-refractivity contribution in [1.29, 1.82) is 0 Å². The van der Waals surface area contributed by atoms with E-state index in [9.17, 15) is 13.2 Å². The van der Waals surface area contributed by atoms with E-state index in [1.165, 1.54) is 0 Å². The van der Waals surface area contributed by atoms with Crippen molar-refractivity contribution in [2.75, 3.05) is 31.9 Å². The minimum absolute atomic E-state index is 0. The number of hydrogen-bond acceptors (Lipinski definition) is 4. The van der Waals surface area contributed by atoms with E-state index in [-0.39, 0.29) is 30.1 Å². The number of likely N-dealkylation sites (tertiary alicyclic amines) is 1. The Morgan fingerprint density at radius 3 is 2.40 bits per heavy atom. The van der Waals surface area contributed by atoms with Crippen LogP contribution in [-0.4, -0.2) is 61.5 Å². The number of rotatable bonds is 5. The summed E-state index contributed by atoms with van der Waals surface area (Å²) in [4.78, 5) is 13.6. The fourth-order valence-electron chi connectivity index (χ4n) is 2.67. The molecule has 2 saturated heterocycles. The predicted molar refractivity (Wildman–Crippen MR) is 80.2 cm³/mol. The van der Waals surface area contributed by atoms with Gasteiger partial charge in [0, 0.05) is 38.6 Å². The predicted octanol–water partition coefficient (Wildman–Crippen LogP) is 0.174. The molecule has 2 aliphatic rings. The van der Waals surface area contributed by atoms with Crippen LogP contribution in [0.2, 0.25) is 0 Å². The lowest BCUT2D eigenvalue weighted by Gasteiger charge is -2.17. The van der Waals surface area contributed by atoms with Gasteiger partial charge in [0.15, 0.2) is 0 Å². The number of halogens is 1. The second-order valence-corrected chi connectivity index (χ2v) is 7.50. The van der Waals surface area contributed by atoms with Crippen LogP contribution < -0.4 is 5.73 Å². The largest absolute Gasteiger partial charge is 0.341 e. The van der Waals surface area contributed by atoms with Gasteiger partial charge in [-0.05, 0) is 25.7 Å². The quantitative estimate of drug-likeness (QED) is 0.781. The van der Waals surface area contributed by atoms with Crippen molar-refractivity contribution in [2.24, 2.45) is 5.73 Å². The summed E-state index contributed by atoms with van der Waals surface area (Å²) in [6, 6.07) is 0.0808. The van der Waals surface area contributed by atoms with Crippen LogP contribution in [0.25, 0.3) is 0 Å². The molecule has 0 aromatic heterocycles. The van der Waals surface area contributed by atoms with Crippen LogP contribution in [0, 0.1) is 0 Å². The number of sulfonamides is 1. The van der Waals surface area contributed by atoms with E-state index in [2.05, 4.69) is 0 Å². The molecule has 0 aromatic carbocycles. The Labute approximate surface area is 127 Å². The van der Waals surface area contributed by atoms with E-state index in [0.29, 0.717) is 39.0 Å². The second kappa shape index (κ2) is 7.59. The van der Waals surface area contributed by atoms with Crippen LogP contribution in [0.5, 0.6) is 0 Å². The Morgan fingerprint density at radius 2 is 1.85 bits per heavy atom. The number of amides is 1. The van der Waals surface area contributed by atoms with Crippen LogP contribution >= 0.6 is 12.4 Å². The molecule has 2 rings (SSSR count). The molecule has 118 valence electrons. The lowest BCUT2D eigenvalue weighted by Crippen LogP contribution is -2.33. The normalized spacial score (nSPS) is 23.9. The number of nitrogens with zero attached hydrogens (tertiary/aromatic N) is 2. The van der Waals surface area contributed by atoms with Crippen molar-refractivity contribution >= 4 is 28.3 Å². The maximum atomic E-state index is 12.0. The summed E-state index contributed by atoms with van der Waals surface area (Å²) in [6.45, 7) is 2.59. The summed E-state index contributed by atoms with van der Waals surface area (Å²) in [6.07, 6.45) is 3.45. The lowest BCUT2D eigenvalue weighted by atomic mass is 10.3. The summed E-state index contributed by atoms with van der Waals surface area (Å²) in [5.41, 5.74) is 5.75. The van der Waals surface area contributed by atoms with Crippen LogP contribution in [0.1, 0.15) is 32.1 Å². The second-order valence-electron chi connectivity index (χ2n) is 5.41. The summed E-state index contributed by atoms with van der Waals surface area (Å²) < 4.78 is 25.5. The Hall–Kier alpha value is -0.370. The highest BCUT2D eigenvalue weighted by Crippen LogP contribution is 2.15. The number of nitrogens with two attached hydrogens (primary N) is 1. The number of carbonyl (C=O) groups excluding carboxylic acids is 1. The highest BCUT2D eigenvalue weighted by Gasteiger charge is 2.26. The monoisotopic (exact) mass is 325 g/mol. The van der Waals surface area contributed by atoms with E-state index in [1.54, 1.807) is 9.21 Å². The van der Waals surface area contributed by atoms with Gasteiger partial charge in [0.1, 0.15) is 0 Å². The molecule has 2 heterocycles. The van der Waals surface area contributed by atoms with E-state index < -0.39 is 10.0 Å².